The fourth-order valence-electron chi connectivity index (χ4n) is 0.858. The van der Waals surface area contributed by atoms with Crippen LogP contribution < -0.4 is 16.0 Å². The Labute approximate surface area is 69.9 Å². The van der Waals surface area contributed by atoms with Gasteiger partial charge in [-0.25, -0.2) is 0 Å². The van der Waals surface area contributed by atoms with Gasteiger partial charge in [0, 0.05) is 25.2 Å². The van der Waals surface area contributed by atoms with Crippen molar-refractivity contribution in [3.8, 4) is 0 Å². The van der Waals surface area contributed by atoms with Crippen molar-refractivity contribution in [2.45, 2.75) is 25.9 Å². The van der Waals surface area contributed by atoms with Crippen molar-refractivity contribution in [3.05, 3.63) is 0 Å². The van der Waals surface area contributed by atoms with Crippen molar-refractivity contribution < 1.29 is 0 Å². The van der Waals surface area contributed by atoms with Gasteiger partial charge in [-0.3, -0.25) is 0 Å². The maximum Gasteiger partial charge on any atom is 0.0164 e. The van der Waals surface area contributed by atoms with E-state index in [0.717, 1.165) is 13.1 Å². The zero-order valence-electron chi connectivity index (χ0n) is 8.07. The summed E-state index contributed by atoms with van der Waals surface area (Å²) in [4.78, 5) is 0. The van der Waals surface area contributed by atoms with Gasteiger partial charge in [0.1, 0.15) is 0 Å². The molecule has 68 valence electrons. The van der Waals surface area contributed by atoms with E-state index in [1.165, 1.54) is 0 Å². The van der Waals surface area contributed by atoms with Gasteiger partial charge in [0.15, 0.2) is 0 Å². The first-order chi connectivity index (χ1) is 5.20. The molecule has 11 heavy (non-hydrogen) atoms. The maximum atomic E-state index is 3.41. The lowest BCUT2D eigenvalue weighted by Gasteiger charge is -2.16. The van der Waals surface area contributed by atoms with Crippen molar-refractivity contribution in [1.29, 1.82) is 0 Å². The monoisotopic (exact) mass is 159 g/mol. The van der Waals surface area contributed by atoms with E-state index in [0.29, 0.717) is 12.1 Å². The predicted octanol–water partition coefficient (Wildman–Crippen LogP) is -0.208. The lowest BCUT2D eigenvalue weighted by atomic mass is 10.3. The highest BCUT2D eigenvalue weighted by molar-refractivity contribution is 4.67. The van der Waals surface area contributed by atoms with Crippen LogP contribution in [-0.4, -0.2) is 39.3 Å². The normalized spacial score (nSPS) is 16.4. The highest BCUT2D eigenvalue weighted by atomic mass is 15.0. The second kappa shape index (κ2) is 6.58. The summed E-state index contributed by atoms with van der Waals surface area (Å²) < 4.78 is 0. The Morgan fingerprint density at radius 3 is 2.09 bits per heavy atom. The molecule has 0 aromatic heterocycles. The molecular formula is C8H21N3. The van der Waals surface area contributed by atoms with Crippen LogP contribution in [0.15, 0.2) is 0 Å². The highest BCUT2D eigenvalue weighted by Crippen LogP contribution is 1.80. The van der Waals surface area contributed by atoms with Crippen LogP contribution >= 0.6 is 0 Å². The quantitative estimate of drug-likeness (QED) is 0.502. The minimum atomic E-state index is 0.550. The predicted molar refractivity (Wildman–Crippen MR) is 49.9 cm³/mol. The Hall–Kier alpha value is -0.120. The van der Waals surface area contributed by atoms with Gasteiger partial charge in [0.05, 0.1) is 0 Å². The van der Waals surface area contributed by atoms with Crippen LogP contribution in [0.3, 0.4) is 0 Å². The summed E-state index contributed by atoms with van der Waals surface area (Å²) in [5.74, 6) is 0. The van der Waals surface area contributed by atoms with E-state index in [4.69, 9.17) is 0 Å². The summed E-state index contributed by atoms with van der Waals surface area (Å²) in [5.41, 5.74) is 0. The van der Waals surface area contributed by atoms with Crippen molar-refractivity contribution in [2.24, 2.45) is 0 Å². The van der Waals surface area contributed by atoms with E-state index < -0.39 is 0 Å². The molecule has 0 rings (SSSR count). The average Bonchev–Trinajstić information content (AvgIpc) is 2.01. The summed E-state index contributed by atoms with van der Waals surface area (Å²) in [5, 5.41) is 9.71. The van der Waals surface area contributed by atoms with Gasteiger partial charge in [-0.2, -0.15) is 0 Å². The fraction of sp³-hybridized carbons (Fsp3) is 1.00. The van der Waals surface area contributed by atoms with E-state index in [-0.39, 0.29) is 0 Å². The molecule has 0 unspecified atom stereocenters. The minimum Gasteiger partial charge on any atom is -0.318 e. The van der Waals surface area contributed by atoms with Gasteiger partial charge in [0.25, 0.3) is 0 Å². The van der Waals surface area contributed by atoms with E-state index in [2.05, 4.69) is 29.8 Å². The van der Waals surface area contributed by atoms with Gasteiger partial charge in [0.2, 0.25) is 0 Å². The van der Waals surface area contributed by atoms with Crippen LogP contribution in [-0.2, 0) is 0 Å². The van der Waals surface area contributed by atoms with E-state index in [9.17, 15) is 0 Å². The Bertz CT molecular complexity index is 85.4. The topological polar surface area (TPSA) is 36.1 Å². The Morgan fingerprint density at radius 2 is 1.64 bits per heavy atom. The van der Waals surface area contributed by atoms with E-state index >= 15 is 0 Å². The standard InChI is InChI=1S/C8H21N3/c1-7(10-4)6-11-8(2)5-9-3/h7-11H,5-6H2,1-4H3/t7-,8+/m1/s1. The summed E-state index contributed by atoms with van der Waals surface area (Å²) in [6.45, 7) is 6.40. The second-order valence-corrected chi connectivity index (χ2v) is 3.06. The lowest BCUT2D eigenvalue weighted by Crippen LogP contribution is -2.42. The molecule has 0 heterocycles. The maximum absolute atomic E-state index is 3.41. The Morgan fingerprint density at radius 1 is 1.00 bits per heavy atom. The third kappa shape index (κ3) is 6.28. The number of rotatable bonds is 6. The zero-order valence-corrected chi connectivity index (χ0v) is 8.07. The van der Waals surface area contributed by atoms with Crippen molar-refractivity contribution in [1.82, 2.24) is 16.0 Å². The molecule has 0 saturated heterocycles. The summed E-state index contributed by atoms with van der Waals surface area (Å²) in [6, 6.07) is 1.10. The van der Waals surface area contributed by atoms with Crippen LogP contribution in [0.5, 0.6) is 0 Å². The first kappa shape index (κ1) is 10.9. The second-order valence-electron chi connectivity index (χ2n) is 3.06. The molecule has 0 bridgehead atoms. The molecule has 0 saturated carbocycles. The number of hydrogen-bond acceptors (Lipinski definition) is 3. The molecule has 0 radical (unpaired) electrons. The first-order valence-electron chi connectivity index (χ1n) is 4.26. The number of hydrogen-bond donors (Lipinski definition) is 3. The molecule has 0 fully saturated rings. The molecule has 0 spiro atoms. The zero-order chi connectivity index (χ0) is 8.69. The Balaban J connectivity index is 3.22. The van der Waals surface area contributed by atoms with Gasteiger partial charge >= 0.3 is 0 Å². The Kier molecular flexibility index (Phi) is 6.51. The number of nitrogens with one attached hydrogen (secondary N) is 3. The van der Waals surface area contributed by atoms with Crippen LogP contribution in [0.25, 0.3) is 0 Å². The van der Waals surface area contributed by atoms with Crippen LogP contribution in [0.2, 0.25) is 0 Å². The molecule has 0 aliphatic rings. The number of likely N-dealkylation sites (N-methyl/N-ethyl adjacent to an activating group) is 2. The lowest BCUT2D eigenvalue weighted by molar-refractivity contribution is 0.471. The van der Waals surface area contributed by atoms with Gasteiger partial charge in [-0.05, 0) is 27.9 Å². The molecule has 3 heteroatoms. The van der Waals surface area contributed by atoms with Crippen molar-refractivity contribution in [3.63, 3.8) is 0 Å². The molecule has 0 aromatic rings. The molecule has 3 nitrogen and oxygen atoms in total. The SMILES string of the molecule is CNC[C@H](C)NC[C@@H](C)NC. The molecule has 0 amide bonds. The third-order valence-electron chi connectivity index (χ3n) is 1.78. The average molecular weight is 159 g/mol. The smallest absolute Gasteiger partial charge is 0.0164 e. The third-order valence-corrected chi connectivity index (χ3v) is 1.78. The molecule has 0 aliphatic carbocycles. The fourth-order valence-corrected chi connectivity index (χ4v) is 0.858. The summed E-state index contributed by atoms with van der Waals surface area (Å²) in [7, 11) is 3.95. The minimum absolute atomic E-state index is 0.550. The highest BCUT2D eigenvalue weighted by Gasteiger charge is 2.01. The molecule has 0 aromatic carbocycles. The van der Waals surface area contributed by atoms with Crippen LogP contribution in [0.4, 0.5) is 0 Å². The van der Waals surface area contributed by atoms with E-state index in [1.807, 2.05) is 14.1 Å². The summed E-state index contributed by atoms with van der Waals surface area (Å²) in [6.07, 6.45) is 0. The van der Waals surface area contributed by atoms with Gasteiger partial charge in [-0.15, -0.1) is 0 Å². The van der Waals surface area contributed by atoms with Crippen molar-refractivity contribution in [2.75, 3.05) is 27.2 Å². The molecule has 3 N–H and O–H groups in total. The molecular weight excluding hydrogens is 138 g/mol. The largest absolute Gasteiger partial charge is 0.318 e. The summed E-state index contributed by atoms with van der Waals surface area (Å²) >= 11 is 0. The van der Waals surface area contributed by atoms with E-state index in [1.54, 1.807) is 0 Å². The van der Waals surface area contributed by atoms with Gasteiger partial charge in [-0.1, -0.05) is 0 Å². The first-order valence-corrected chi connectivity index (χ1v) is 4.26. The van der Waals surface area contributed by atoms with Crippen LogP contribution in [0.1, 0.15) is 13.8 Å². The van der Waals surface area contributed by atoms with Crippen LogP contribution in [0, 0.1) is 0 Å². The molecule has 0 aliphatic heterocycles. The molecule has 2 atom stereocenters. The van der Waals surface area contributed by atoms with Crippen molar-refractivity contribution >= 4 is 0 Å². The van der Waals surface area contributed by atoms with Gasteiger partial charge < -0.3 is 16.0 Å².